The van der Waals surface area contributed by atoms with E-state index in [1.165, 1.54) is 46.2 Å². The lowest BCUT2D eigenvalue weighted by Crippen LogP contribution is -2.28. The van der Waals surface area contributed by atoms with E-state index in [4.69, 9.17) is 8.83 Å². The Morgan fingerprint density at radius 3 is 1.23 bits per heavy atom. The second-order valence-electron chi connectivity index (χ2n) is 11.9. The fraction of sp³-hybridized carbons (Fsp3) is 0.0233. The van der Waals surface area contributed by atoms with Crippen molar-refractivity contribution < 1.29 is 8.83 Å². The molecule has 0 fully saturated rings. The van der Waals surface area contributed by atoms with Gasteiger partial charge in [-0.1, -0.05) is 121 Å². The molecule has 0 atom stereocenters. The van der Waals surface area contributed by atoms with Crippen molar-refractivity contribution in [3.63, 3.8) is 0 Å². The van der Waals surface area contributed by atoms with Gasteiger partial charge in [0.05, 0.1) is 17.8 Å². The van der Waals surface area contributed by atoms with Crippen LogP contribution in [0.2, 0.25) is 0 Å². The molecule has 0 bridgehead atoms. The summed E-state index contributed by atoms with van der Waals surface area (Å²) in [5, 5.41) is 0. The average Bonchev–Trinajstić information content (AvgIpc) is 3.93. The third-order valence-corrected chi connectivity index (χ3v) is 9.38. The van der Waals surface area contributed by atoms with Gasteiger partial charge in [0.15, 0.2) is 24.3 Å². The van der Waals surface area contributed by atoms with E-state index in [-0.39, 0.29) is 0 Å². The van der Waals surface area contributed by atoms with Crippen molar-refractivity contribution in [2.45, 2.75) is 5.41 Å². The molecule has 4 nitrogen and oxygen atoms in total. The highest BCUT2D eigenvalue weighted by molar-refractivity contribution is 5.90. The van der Waals surface area contributed by atoms with Crippen molar-refractivity contribution in [3.8, 4) is 56.0 Å². The van der Waals surface area contributed by atoms with E-state index >= 15 is 0 Å². The fourth-order valence-electron chi connectivity index (χ4n) is 7.27. The summed E-state index contributed by atoms with van der Waals surface area (Å²) in [7, 11) is 0. The number of hydrogen-bond donors (Lipinski definition) is 0. The second-order valence-corrected chi connectivity index (χ2v) is 11.9. The zero-order valence-corrected chi connectivity index (χ0v) is 25.4. The molecule has 222 valence electrons. The van der Waals surface area contributed by atoms with E-state index in [2.05, 4.69) is 156 Å². The summed E-state index contributed by atoms with van der Waals surface area (Å²) in [5.74, 6) is 1.51. The molecule has 0 saturated heterocycles. The Labute approximate surface area is 272 Å². The molecule has 0 N–H and O–H groups in total. The van der Waals surface area contributed by atoms with Crippen molar-refractivity contribution in [1.29, 1.82) is 0 Å². The Balaban J connectivity index is 1.29. The molecule has 0 unspecified atom stereocenters. The molecule has 1 aliphatic carbocycles. The maximum absolute atomic E-state index is 5.63. The first-order chi connectivity index (χ1) is 23.3. The SMILES string of the molecule is c1ccc(C2(c3ccccc3)c3cc(-c4cccc(-c5cnco5)c4)ccc3-c3ccc(-c4cccc(-c5cnco5)c4)cc32)cc1. The lowest BCUT2D eigenvalue weighted by atomic mass is 9.67. The maximum atomic E-state index is 5.63. The molecule has 0 spiro atoms. The molecule has 0 saturated carbocycles. The molecular weight excluding hydrogens is 576 g/mol. The van der Waals surface area contributed by atoms with E-state index in [1.807, 2.05) is 0 Å². The molecule has 8 aromatic rings. The number of hydrogen-bond acceptors (Lipinski definition) is 4. The van der Waals surface area contributed by atoms with Gasteiger partial charge in [0.25, 0.3) is 0 Å². The molecule has 6 aromatic carbocycles. The monoisotopic (exact) mass is 604 g/mol. The highest BCUT2D eigenvalue weighted by atomic mass is 16.3. The van der Waals surface area contributed by atoms with Crippen LogP contribution < -0.4 is 0 Å². The fourth-order valence-corrected chi connectivity index (χ4v) is 7.27. The standard InChI is InChI=1S/C43H28N2O2/c1-3-13-35(14-4-1)43(36-15-5-2-6-16-36)39-23-31(29-9-7-11-33(21-29)41-25-44-27-46-41)17-19-37(39)38-20-18-32(24-40(38)43)30-10-8-12-34(22-30)42-26-45-28-47-42/h1-28H. The van der Waals surface area contributed by atoms with Crippen molar-refractivity contribution in [1.82, 2.24) is 9.97 Å². The van der Waals surface area contributed by atoms with E-state index in [0.717, 1.165) is 44.9 Å². The van der Waals surface area contributed by atoms with Crippen LogP contribution in [0.5, 0.6) is 0 Å². The molecule has 0 radical (unpaired) electrons. The number of benzene rings is 6. The van der Waals surface area contributed by atoms with Crippen LogP contribution in [0.15, 0.2) is 180 Å². The molecule has 47 heavy (non-hydrogen) atoms. The number of fused-ring (bicyclic) bond motifs is 3. The first-order valence-corrected chi connectivity index (χ1v) is 15.7. The summed E-state index contributed by atoms with van der Waals surface area (Å²) in [4.78, 5) is 8.26. The zero-order valence-electron chi connectivity index (χ0n) is 25.4. The number of rotatable bonds is 6. The smallest absolute Gasteiger partial charge is 0.181 e. The predicted octanol–water partition coefficient (Wildman–Crippen LogP) is 10.7. The average molecular weight is 605 g/mol. The van der Waals surface area contributed by atoms with Crippen LogP contribution >= 0.6 is 0 Å². The third kappa shape index (κ3) is 4.38. The Morgan fingerprint density at radius 1 is 0.383 bits per heavy atom. The van der Waals surface area contributed by atoms with Crippen LogP contribution in [0.1, 0.15) is 22.3 Å². The van der Waals surface area contributed by atoms with Crippen LogP contribution in [0.25, 0.3) is 56.0 Å². The van der Waals surface area contributed by atoms with Gasteiger partial charge >= 0.3 is 0 Å². The van der Waals surface area contributed by atoms with Gasteiger partial charge in [-0.2, -0.15) is 0 Å². The lowest BCUT2D eigenvalue weighted by Gasteiger charge is -2.34. The predicted molar refractivity (Wildman–Crippen MR) is 186 cm³/mol. The summed E-state index contributed by atoms with van der Waals surface area (Å²) in [6.07, 6.45) is 6.46. The largest absolute Gasteiger partial charge is 0.444 e. The Bertz CT molecular complexity index is 2170. The maximum Gasteiger partial charge on any atom is 0.181 e. The van der Waals surface area contributed by atoms with Gasteiger partial charge in [-0.25, -0.2) is 9.97 Å². The summed E-state index contributed by atoms with van der Waals surface area (Å²) in [5.41, 5.74) is 13.5. The first-order valence-electron chi connectivity index (χ1n) is 15.7. The molecule has 0 aliphatic heterocycles. The summed E-state index contributed by atoms with van der Waals surface area (Å²) < 4.78 is 11.3. The minimum atomic E-state index is -0.537. The zero-order chi connectivity index (χ0) is 31.2. The minimum Gasteiger partial charge on any atom is -0.444 e. The Kier molecular flexibility index (Phi) is 6.32. The van der Waals surface area contributed by atoms with Gasteiger partial charge in [-0.3, -0.25) is 0 Å². The third-order valence-electron chi connectivity index (χ3n) is 9.38. The first kappa shape index (κ1) is 27.1. The van der Waals surface area contributed by atoms with Crippen LogP contribution in [0.4, 0.5) is 0 Å². The summed E-state index contributed by atoms with van der Waals surface area (Å²) in [6.45, 7) is 0. The molecule has 4 heteroatoms. The van der Waals surface area contributed by atoms with Crippen LogP contribution in [-0.4, -0.2) is 9.97 Å². The normalized spacial score (nSPS) is 12.9. The van der Waals surface area contributed by atoms with E-state index in [0.29, 0.717) is 0 Å². The van der Waals surface area contributed by atoms with Crippen molar-refractivity contribution in [2.75, 3.05) is 0 Å². The molecule has 2 heterocycles. The summed E-state index contributed by atoms with van der Waals surface area (Å²) in [6, 6.07) is 52.6. The van der Waals surface area contributed by atoms with E-state index in [1.54, 1.807) is 12.4 Å². The number of aromatic nitrogens is 2. The van der Waals surface area contributed by atoms with Gasteiger partial charge in [-0.15, -0.1) is 0 Å². The van der Waals surface area contributed by atoms with Crippen molar-refractivity contribution in [3.05, 3.63) is 193 Å². The van der Waals surface area contributed by atoms with Crippen LogP contribution in [0, 0.1) is 0 Å². The molecule has 2 aromatic heterocycles. The lowest BCUT2D eigenvalue weighted by molar-refractivity contribution is 0.571. The van der Waals surface area contributed by atoms with Gasteiger partial charge in [0.2, 0.25) is 0 Å². The topological polar surface area (TPSA) is 52.1 Å². The van der Waals surface area contributed by atoms with Crippen LogP contribution in [0.3, 0.4) is 0 Å². The molecular formula is C43H28N2O2. The molecule has 0 amide bonds. The highest BCUT2D eigenvalue weighted by Crippen LogP contribution is 2.57. The number of oxazole rings is 2. The summed E-state index contributed by atoms with van der Waals surface area (Å²) >= 11 is 0. The van der Waals surface area contributed by atoms with Gasteiger partial charge < -0.3 is 8.83 Å². The van der Waals surface area contributed by atoms with Gasteiger partial charge in [0.1, 0.15) is 0 Å². The van der Waals surface area contributed by atoms with Gasteiger partial charge in [-0.05, 0) is 79.9 Å². The molecule has 9 rings (SSSR count). The minimum absolute atomic E-state index is 0.537. The van der Waals surface area contributed by atoms with Crippen LogP contribution in [-0.2, 0) is 5.41 Å². The van der Waals surface area contributed by atoms with E-state index in [9.17, 15) is 0 Å². The highest BCUT2D eigenvalue weighted by Gasteiger charge is 2.46. The second kappa shape index (κ2) is 11.0. The quantitative estimate of drug-likeness (QED) is 0.189. The van der Waals surface area contributed by atoms with Crippen molar-refractivity contribution in [2.24, 2.45) is 0 Å². The van der Waals surface area contributed by atoms with E-state index < -0.39 is 5.41 Å². The van der Waals surface area contributed by atoms with Gasteiger partial charge in [0, 0.05) is 11.1 Å². The van der Waals surface area contributed by atoms with Crippen molar-refractivity contribution >= 4 is 0 Å². The number of nitrogens with zero attached hydrogens (tertiary/aromatic N) is 2. The molecule has 1 aliphatic rings. The Morgan fingerprint density at radius 2 is 0.809 bits per heavy atom. The Hall–Kier alpha value is -6.26.